The Bertz CT molecular complexity index is 568. The normalized spacial score (nSPS) is 13.1. The molecule has 170 valence electrons. The maximum absolute atomic E-state index is 12.4. The lowest BCUT2D eigenvalue weighted by Crippen LogP contribution is -2.44. The number of carbonyl (C=O) groups is 2. The van der Waals surface area contributed by atoms with Crippen LogP contribution >= 0.6 is 0 Å². The molecule has 0 radical (unpaired) electrons. The van der Waals surface area contributed by atoms with Gasteiger partial charge in [0.05, 0.1) is 0 Å². The summed E-state index contributed by atoms with van der Waals surface area (Å²) in [5, 5.41) is 0. The molecule has 0 saturated carbocycles. The number of hydrogen-bond donors (Lipinski definition) is 1. The van der Waals surface area contributed by atoms with Gasteiger partial charge in [-0.3, -0.25) is 9.59 Å². The summed E-state index contributed by atoms with van der Waals surface area (Å²) in [4.78, 5) is 24.6. The smallest absolute Gasteiger partial charge is 0.231 e. The van der Waals surface area contributed by atoms with Crippen molar-refractivity contribution in [3.8, 4) is 0 Å². The SMILES string of the molecule is CCCCCCCCCCCCCCCCC(Cc1ccccc1)(C(C)=O)C(N)=O. The molecule has 1 aromatic carbocycles. The average molecular weight is 416 g/mol. The Morgan fingerprint density at radius 2 is 1.17 bits per heavy atom. The van der Waals surface area contributed by atoms with Crippen LogP contribution in [-0.2, 0) is 16.0 Å². The van der Waals surface area contributed by atoms with Gasteiger partial charge in [0.15, 0.2) is 0 Å². The first-order valence-electron chi connectivity index (χ1n) is 12.4. The molecule has 3 nitrogen and oxygen atoms in total. The minimum atomic E-state index is -1.06. The largest absolute Gasteiger partial charge is 0.369 e. The summed E-state index contributed by atoms with van der Waals surface area (Å²) in [6, 6.07) is 9.75. The van der Waals surface area contributed by atoms with Gasteiger partial charge < -0.3 is 5.73 Å². The van der Waals surface area contributed by atoms with Crippen LogP contribution in [0, 0.1) is 5.41 Å². The van der Waals surface area contributed by atoms with Crippen molar-refractivity contribution in [2.75, 3.05) is 0 Å². The summed E-state index contributed by atoms with van der Waals surface area (Å²) in [6.45, 7) is 3.78. The third kappa shape index (κ3) is 10.4. The molecule has 0 aromatic heterocycles. The highest BCUT2D eigenvalue weighted by molar-refractivity contribution is 6.04. The number of rotatable bonds is 19. The van der Waals surface area contributed by atoms with Crippen LogP contribution in [0.4, 0.5) is 0 Å². The minimum absolute atomic E-state index is 0.103. The number of primary amides is 1. The van der Waals surface area contributed by atoms with Crippen molar-refractivity contribution in [1.29, 1.82) is 0 Å². The first kappa shape index (κ1) is 26.4. The van der Waals surface area contributed by atoms with Crippen molar-refractivity contribution in [3.05, 3.63) is 35.9 Å². The highest BCUT2D eigenvalue weighted by atomic mass is 16.2. The Morgan fingerprint density at radius 3 is 1.57 bits per heavy atom. The fourth-order valence-electron chi connectivity index (χ4n) is 4.34. The molecule has 30 heavy (non-hydrogen) atoms. The zero-order valence-corrected chi connectivity index (χ0v) is 19.6. The number of amides is 1. The van der Waals surface area contributed by atoms with Crippen molar-refractivity contribution in [2.45, 2.75) is 117 Å². The van der Waals surface area contributed by atoms with E-state index in [-0.39, 0.29) is 5.78 Å². The van der Waals surface area contributed by atoms with E-state index in [1.54, 1.807) is 0 Å². The fourth-order valence-corrected chi connectivity index (χ4v) is 4.34. The predicted octanol–water partition coefficient (Wildman–Crippen LogP) is 7.16. The van der Waals surface area contributed by atoms with Crippen LogP contribution in [0.1, 0.15) is 116 Å². The number of ketones is 1. The fraction of sp³-hybridized carbons (Fsp3) is 0.704. The lowest BCUT2D eigenvalue weighted by atomic mass is 9.73. The highest BCUT2D eigenvalue weighted by Gasteiger charge is 2.41. The van der Waals surface area contributed by atoms with Crippen molar-refractivity contribution in [3.63, 3.8) is 0 Å². The molecule has 0 aliphatic rings. The lowest BCUT2D eigenvalue weighted by molar-refractivity contribution is -0.139. The second-order valence-electron chi connectivity index (χ2n) is 9.01. The Kier molecular flexibility index (Phi) is 14.2. The van der Waals surface area contributed by atoms with Crippen LogP contribution in [-0.4, -0.2) is 11.7 Å². The molecule has 1 amide bonds. The quantitative estimate of drug-likeness (QED) is 0.192. The second-order valence-corrected chi connectivity index (χ2v) is 9.01. The van der Waals surface area contributed by atoms with Gasteiger partial charge in [0.25, 0.3) is 0 Å². The van der Waals surface area contributed by atoms with Gasteiger partial charge in [0.2, 0.25) is 5.91 Å². The van der Waals surface area contributed by atoms with E-state index in [4.69, 9.17) is 5.73 Å². The molecule has 1 aromatic rings. The Morgan fingerprint density at radius 1 is 0.733 bits per heavy atom. The van der Waals surface area contributed by atoms with Crippen LogP contribution in [0.2, 0.25) is 0 Å². The van der Waals surface area contributed by atoms with Gasteiger partial charge in [-0.15, -0.1) is 0 Å². The molecule has 0 aliphatic heterocycles. The molecule has 0 spiro atoms. The number of unbranched alkanes of at least 4 members (excludes halogenated alkanes) is 13. The molecular formula is C27H45NO2. The van der Waals surface area contributed by atoms with Crippen molar-refractivity contribution < 1.29 is 9.59 Å². The third-order valence-electron chi connectivity index (χ3n) is 6.45. The average Bonchev–Trinajstić information content (AvgIpc) is 2.73. The van der Waals surface area contributed by atoms with E-state index in [0.717, 1.165) is 18.4 Å². The van der Waals surface area contributed by atoms with E-state index in [2.05, 4.69) is 6.92 Å². The summed E-state index contributed by atoms with van der Waals surface area (Å²) in [5.74, 6) is -0.581. The molecule has 0 bridgehead atoms. The number of hydrogen-bond acceptors (Lipinski definition) is 2. The summed E-state index contributed by atoms with van der Waals surface area (Å²) in [7, 11) is 0. The topological polar surface area (TPSA) is 60.2 Å². The minimum Gasteiger partial charge on any atom is -0.369 e. The van der Waals surface area contributed by atoms with E-state index in [0.29, 0.717) is 12.8 Å². The van der Waals surface area contributed by atoms with Crippen LogP contribution < -0.4 is 5.73 Å². The molecule has 2 N–H and O–H groups in total. The summed E-state index contributed by atoms with van der Waals surface area (Å²) in [6.07, 6.45) is 19.0. The molecule has 0 saturated heterocycles. The maximum atomic E-state index is 12.4. The third-order valence-corrected chi connectivity index (χ3v) is 6.45. The monoisotopic (exact) mass is 415 g/mol. The molecule has 0 heterocycles. The number of benzene rings is 1. The summed E-state index contributed by atoms with van der Waals surface area (Å²) >= 11 is 0. The zero-order chi connectivity index (χ0) is 22.1. The number of nitrogens with two attached hydrogens (primary N) is 1. The summed E-state index contributed by atoms with van der Waals surface area (Å²) < 4.78 is 0. The van der Waals surface area contributed by atoms with Gasteiger partial charge in [-0.25, -0.2) is 0 Å². The van der Waals surface area contributed by atoms with Gasteiger partial charge in [-0.05, 0) is 25.3 Å². The van der Waals surface area contributed by atoms with Crippen molar-refractivity contribution in [2.24, 2.45) is 11.1 Å². The highest BCUT2D eigenvalue weighted by Crippen LogP contribution is 2.31. The maximum Gasteiger partial charge on any atom is 0.231 e. The molecule has 3 heteroatoms. The number of carbonyl (C=O) groups excluding carboxylic acids is 2. The molecule has 1 rings (SSSR count). The van der Waals surface area contributed by atoms with Crippen LogP contribution in [0.3, 0.4) is 0 Å². The molecule has 1 atom stereocenters. The molecule has 0 aliphatic carbocycles. The lowest BCUT2D eigenvalue weighted by Gasteiger charge is -2.28. The van der Waals surface area contributed by atoms with Crippen molar-refractivity contribution >= 4 is 11.7 Å². The molecular weight excluding hydrogens is 370 g/mol. The van der Waals surface area contributed by atoms with E-state index < -0.39 is 11.3 Å². The molecule has 0 fully saturated rings. The first-order valence-corrected chi connectivity index (χ1v) is 12.4. The van der Waals surface area contributed by atoms with E-state index in [9.17, 15) is 9.59 Å². The van der Waals surface area contributed by atoms with Crippen LogP contribution in [0.25, 0.3) is 0 Å². The van der Waals surface area contributed by atoms with Crippen LogP contribution in [0.15, 0.2) is 30.3 Å². The molecule has 1 unspecified atom stereocenters. The van der Waals surface area contributed by atoms with E-state index in [1.165, 1.54) is 84.0 Å². The van der Waals surface area contributed by atoms with Gasteiger partial charge in [0.1, 0.15) is 11.2 Å². The first-order chi connectivity index (χ1) is 14.5. The van der Waals surface area contributed by atoms with Crippen molar-refractivity contribution in [1.82, 2.24) is 0 Å². The Labute approximate surface area is 185 Å². The van der Waals surface area contributed by atoms with Crippen LogP contribution in [0.5, 0.6) is 0 Å². The van der Waals surface area contributed by atoms with Gasteiger partial charge in [-0.1, -0.05) is 127 Å². The zero-order valence-electron chi connectivity index (χ0n) is 19.6. The predicted molar refractivity (Wildman–Crippen MR) is 127 cm³/mol. The standard InChI is InChI=1S/C27H45NO2/c1-3-4-5-6-7-8-9-10-11-12-13-14-15-19-22-27(24(2)29,26(28)30)23-25-20-17-16-18-21-25/h16-18,20-21H,3-15,19,22-23H2,1-2H3,(H2,28,30). The van der Waals surface area contributed by atoms with Gasteiger partial charge in [0, 0.05) is 0 Å². The van der Waals surface area contributed by atoms with E-state index in [1.807, 2.05) is 30.3 Å². The van der Waals surface area contributed by atoms with Gasteiger partial charge >= 0.3 is 0 Å². The Hall–Kier alpha value is -1.64. The second kappa shape index (κ2) is 16.1. The van der Waals surface area contributed by atoms with E-state index >= 15 is 0 Å². The number of Topliss-reactive ketones (excluding diaryl/α,β-unsaturated/α-hetero) is 1. The summed E-state index contributed by atoms with van der Waals surface area (Å²) in [5.41, 5.74) is 5.65. The van der Waals surface area contributed by atoms with Gasteiger partial charge in [-0.2, -0.15) is 0 Å². The Balaban J connectivity index is 2.19.